The monoisotopic (exact) mass is 936 g/mol. The van der Waals surface area contributed by atoms with Crippen LogP contribution < -0.4 is 9.80 Å². The molecule has 4 nitrogen and oxygen atoms in total. The quantitative estimate of drug-likeness (QED) is 0.134. The molecular formula is C69H52N4. The predicted molar refractivity (Wildman–Crippen MR) is 310 cm³/mol. The number of fused-ring (bicyclic) bond motifs is 8. The Labute approximate surface area is 425 Å². The standard InChI is InChI=1S/C69H52N4/c1-47-16-13-23-55(44-47)73-67-29-12-10-27-61(67)63-46-57(41-43-69(63)73)71(65-31-15-20-51-18-6-8-25-59(51)65)54-38-34-49(35-39-54)48-32-36-53(37-33-48)70(64-30-14-19-50-17-5-7-24-58(50)64)56-40-42-68-62(45-56)60-26-9-11-28-66(60)72(68)52-21-3-2-4-22-52/h2-15,17-43,45-47,55H,16,44H2,1H3/t47-,55?/m1/s1. The van der Waals surface area contributed by atoms with Crippen molar-refractivity contribution in [3.05, 3.63) is 261 Å². The third kappa shape index (κ3) is 7.28. The number of nitrogens with zero attached hydrogens (tertiary/aromatic N) is 4. The van der Waals surface area contributed by atoms with Gasteiger partial charge in [-0.1, -0.05) is 171 Å². The van der Waals surface area contributed by atoms with Gasteiger partial charge in [0.1, 0.15) is 0 Å². The van der Waals surface area contributed by atoms with Crippen molar-refractivity contribution < 1.29 is 0 Å². The summed E-state index contributed by atoms with van der Waals surface area (Å²) in [6, 6.07) is 91.7. The van der Waals surface area contributed by atoms with Crippen molar-refractivity contribution >= 4 is 99.3 Å². The zero-order chi connectivity index (χ0) is 48.4. The third-order valence-electron chi connectivity index (χ3n) is 15.4. The molecule has 2 aromatic heterocycles. The van der Waals surface area contributed by atoms with Crippen molar-refractivity contribution in [2.45, 2.75) is 25.8 Å². The molecule has 4 heteroatoms. The van der Waals surface area contributed by atoms with Gasteiger partial charge in [-0.3, -0.25) is 0 Å². The van der Waals surface area contributed by atoms with Crippen molar-refractivity contribution in [2.75, 3.05) is 9.80 Å². The molecule has 13 aromatic rings. The van der Waals surface area contributed by atoms with Gasteiger partial charge in [0.2, 0.25) is 0 Å². The first-order valence-corrected chi connectivity index (χ1v) is 25.7. The fourth-order valence-corrected chi connectivity index (χ4v) is 12.0. The smallest absolute Gasteiger partial charge is 0.0542 e. The van der Waals surface area contributed by atoms with Crippen molar-refractivity contribution in [2.24, 2.45) is 5.92 Å². The highest BCUT2D eigenvalue weighted by atomic mass is 15.2. The lowest BCUT2D eigenvalue weighted by Crippen LogP contribution is -2.13. The molecule has 2 heterocycles. The second kappa shape index (κ2) is 17.6. The van der Waals surface area contributed by atoms with E-state index in [-0.39, 0.29) is 0 Å². The molecule has 0 fully saturated rings. The van der Waals surface area contributed by atoms with Crippen LogP contribution in [0.2, 0.25) is 0 Å². The first-order valence-electron chi connectivity index (χ1n) is 25.7. The third-order valence-corrected chi connectivity index (χ3v) is 15.4. The molecule has 1 aliphatic rings. The Morgan fingerprint density at radius 3 is 1.40 bits per heavy atom. The molecule has 348 valence electrons. The maximum atomic E-state index is 2.58. The molecule has 1 aliphatic carbocycles. The number of allylic oxidation sites excluding steroid dienone is 2. The molecule has 0 radical (unpaired) electrons. The number of aromatic nitrogens is 2. The molecule has 0 bridgehead atoms. The molecule has 0 spiro atoms. The van der Waals surface area contributed by atoms with Crippen LogP contribution >= 0.6 is 0 Å². The summed E-state index contributed by atoms with van der Waals surface area (Å²) in [6.45, 7) is 2.38. The van der Waals surface area contributed by atoms with Gasteiger partial charge < -0.3 is 18.9 Å². The fourth-order valence-electron chi connectivity index (χ4n) is 12.0. The topological polar surface area (TPSA) is 16.3 Å². The zero-order valence-corrected chi connectivity index (χ0v) is 40.7. The normalized spacial score (nSPS) is 14.8. The number of benzene rings is 11. The van der Waals surface area contributed by atoms with Crippen LogP contribution in [-0.2, 0) is 0 Å². The SMILES string of the molecule is C[C@@H]1CC=CC(n2c3ccccc3c3cc(N(c4ccc(-c5ccc(N(c6ccc7c(c6)c6ccccc6n7-c6ccccc6)c6cccc7ccccc67)cc5)cc4)c4cccc5ccccc45)ccc32)C1. The van der Waals surface area contributed by atoms with E-state index in [1.54, 1.807) is 0 Å². The number of hydrogen-bond acceptors (Lipinski definition) is 2. The minimum Gasteiger partial charge on any atom is -0.333 e. The van der Waals surface area contributed by atoms with Crippen LogP contribution in [0, 0.1) is 5.92 Å². The van der Waals surface area contributed by atoms with Crippen molar-refractivity contribution in [3.63, 3.8) is 0 Å². The van der Waals surface area contributed by atoms with Crippen molar-refractivity contribution in [3.8, 4) is 16.8 Å². The summed E-state index contributed by atoms with van der Waals surface area (Å²) in [4.78, 5) is 4.87. The van der Waals surface area contributed by atoms with Gasteiger partial charge in [0.15, 0.2) is 0 Å². The molecule has 0 amide bonds. The number of hydrogen-bond donors (Lipinski definition) is 0. The number of anilines is 6. The summed E-state index contributed by atoms with van der Waals surface area (Å²) >= 11 is 0. The zero-order valence-electron chi connectivity index (χ0n) is 40.7. The van der Waals surface area contributed by atoms with Crippen LogP contribution in [0.3, 0.4) is 0 Å². The molecule has 14 rings (SSSR count). The highest BCUT2D eigenvalue weighted by molar-refractivity contribution is 6.12. The summed E-state index contributed by atoms with van der Waals surface area (Å²) in [5, 5.41) is 9.85. The maximum Gasteiger partial charge on any atom is 0.0542 e. The van der Waals surface area contributed by atoms with E-state index in [9.17, 15) is 0 Å². The van der Waals surface area contributed by atoms with Gasteiger partial charge in [-0.15, -0.1) is 0 Å². The molecule has 0 aliphatic heterocycles. The van der Waals surface area contributed by atoms with Crippen LogP contribution in [0.4, 0.5) is 34.1 Å². The minimum absolute atomic E-state index is 0.331. The maximum absolute atomic E-state index is 2.58. The second-order valence-electron chi connectivity index (χ2n) is 19.8. The van der Waals surface area contributed by atoms with Gasteiger partial charge in [-0.2, -0.15) is 0 Å². The summed E-state index contributed by atoms with van der Waals surface area (Å²) in [5.41, 5.74) is 15.1. The number of para-hydroxylation sites is 3. The minimum atomic E-state index is 0.331. The van der Waals surface area contributed by atoms with Crippen molar-refractivity contribution in [1.82, 2.24) is 9.13 Å². The van der Waals surface area contributed by atoms with Gasteiger partial charge in [0.05, 0.1) is 28.5 Å². The molecular weight excluding hydrogens is 885 g/mol. The van der Waals surface area contributed by atoms with E-state index >= 15 is 0 Å². The Hall–Kier alpha value is -9.12. The molecule has 11 aromatic carbocycles. The molecule has 0 N–H and O–H groups in total. The van der Waals surface area contributed by atoms with Crippen LogP contribution in [0.5, 0.6) is 0 Å². The lowest BCUT2D eigenvalue weighted by atomic mass is 9.92. The summed E-state index contributed by atoms with van der Waals surface area (Å²) in [6.07, 6.45) is 7.09. The van der Waals surface area contributed by atoms with Crippen LogP contribution in [0.15, 0.2) is 261 Å². The van der Waals surface area contributed by atoms with Crippen LogP contribution in [-0.4, -0.2) is 9.13 Å². The summed E-state index contributed by atoms with van der Waals surface area (Å²) in [5.74, 6) is 0.653. The summed E-state index contributed by atoms with van der Waals surface area (Å²) < 4.78 is 4.96. The highest BCUT2D eigenvalue weighted by Gasteiger charge is 2.24. The lowest BCUT2D eigenvalue weighted by molar-refractivity contribution is 0.431. The average molecular weight is 937 g/mol. The Balaban J connectivity index is 0.863. The largest absolute Gasteiger partial charge is 0.333 e. The first kappa shape index (κ1) is 42.7. The van der Waals surface area contributed by atoms with E-state index in [1.165, 1.54) is 65.2 Å². The van der Waals surface area contributed by atoms with E-state index in [0.717, 1.165) is 63.8 Å². The molecule has 2 atom stereocenters. The first-order chi connectivity index (χ1) is 36.1. The van der Waals surface area contributed by atoms with Gasteiger partial charge in [-0.05, 0) is 138 Å². The Bertz CT molecular complexity index is 4230. The lowest BCUT2D eigenvalue weighted by Gasteiger charge is -2.28. The van der Waals surface area contributed by atoms with E-state index in [1.807, 2.05) is 0 Å². The molecule has 1 unspecified atom stereocenters. The Morgan fingerprint density at radius 1 is 0.370 bits per heavy atom. The van der Waals surface area contributed by atoms with Crippen LogP contribution in [0.25, 0.3) is 82.0 Å². The van der Waals surface area contributed by atoms with Gasteiger partial charge in [-0.25, -0.2) is 0 Å². The van der Waals surface area contributed by atoms with E-state index in [4.69, 9.17) is 0 Å². The van der Waals surface area contributed by atoms with E-state index in [2.05, 4.69) is 287 Å². The van der Waals surface area contributed by atoms with Gasteiger partial charge in [0, 0.05) is 71.8 Å². The van der Waals surface area contributed by atoms with Gasteiger partial charge in [0.25, 0.3) is 0 Å². The Kier molecular flexibility index (Phi) is 10.3. The Morgan fingerprint density at radius 2 is 0.808 bits per heavy atom. The van der Waals surface area contributed by atoms with Crippen molar-refractivity contribution in [1.29, 1.82) is 0 Å². The molecule has 0 saturated heterocycles. The van der Waals surface area contributed by atoms with E-state index < -0.39 is 0 Å². The van der Waals surface area contributed by atoms with Crippen LogP contribution in [0.1, 0.15) is 25.8 Å². The van der Waals surface area contributed by atoms with E-state index in [0.29, 0.717) is 12.0 Å². The van der Waals surface area contributed by atoms with Gasteiger partial charge >= 0.3 is 0 Å². The number of rotatable bonds is 9. The molecule has 0 saturated carbocycles. The highest BCUT2D eigenvalue weighted by Crippen LogP contribution is 2.46. The second-order valence-corrected chi connectivity index (χ2v) is 19.8. The predicted octanol–water partition coefficient (Wildman–Crippen LogP) is 19.3. The average Bonchev–Trinajstić information content (AvgIpc) is 3.96. The summed E-state index contributed by atoms with van der Waals surface area (Å²) in [7, 11) is 0. The molecule has 73 heavy (non-hydrogen) atoms. The fraction of sp³-hybridized carbons (Fsp3) is 0.0725.